The Morgan fingerprint density at radius 2 is 1.89 bits per heavy atom. The predicted molar refractivity (Wildman–Crippen MR) is 68.2 cm³/mol. The van der Waals surface area contributed by atoms with E-state index in [0.29, 0.717) is 11.6 Å². The van der Waals surface area contributed by atoms with Crippen LogP contribution in [-0.4, -0.2) is 35.0 Å². The van der Waals surface area contributed by atoms with Crippen LogP contribution in [0.2, 0.25) is 0 Å². The second-order valence-corrected chi connectivity index (χ2v) is 4.44. The minimum Gasteiger partial charge on any atom is -0.478 e. The first-order chi connectivity index (χ1) is 8.58. The first-order valence-electron chi connectivity index (χ1n) is 5.86. The first-order valence-corrected chi connectivity index (χ1v) is 5.86. The highest BCUT2D eigenvalue weighted by Gasteiger charge is 2.29. The van der Waals surface area contributed by atoms with E-state index in [1.54, 1.807) is 29.2 Å². The highest BCUT2D eigenvalue weighted by atomic mass is 16.4. The van der Waals surface area contributed by atoms with E-state index in [9.17, 15) is 9.59 Å². The summed E-state index contributed by atoms with van der Waals surface area (Å²) in [7, 11) is 1.82. The van der Waals surface area contributed by atoms with Crippen LogP contribution >= 0.6 is 0 Å². The van der Waals surface area contributed by atoms with E-state index in [1.165, 1.54) is 6.08 Å². The van der Waals surface area contributed by atoms with Gasteiger partial charge in [0.1, 0.15) is 0 Å². The number of nitrogens with zero attached hydrogens (tertiary/aromatic N) is 1. The summed E-state index contributed by atoms with van der Waals surface area (Å²) in [6.45, 7) is 0. The molecule has 1 saturated carbocycles. The maximum absolute atomic E-state index is 12.0. The van der Waals surface area contributed by atoms with Gasteiger partial charge in [0.25, 0.3) is 5.91 Å². The molecule has 1 N–H and O–H groups in total. The van der Waals surface area contributed by atoms with Crippen molar-refractivity contribution in [1.29, 1.82) is 0 Å². The molecule has 1 fully saturated rings. The lowest BCUT2D eigenvalue weighted by atomic mass is 10.1. The molecule has 0 heterocycles. The van der Waals surface area contributed by atoms with Crippen LogP contribution in [0.5, 0.6) is 0 Å². The van der Waals surface area contributed by atoms with Crippen molar-refractivity contribution < 1.29 is 14.7 Å². The zero-order chi connectivity index (χ0) is 13.1. The minimum absolute atomic E-state index is 0.0197. The number of rotatable bonds is 4. The van der Waals surface area contributed by atoms with E-state index in [0.717, 1.165) is 24.5 Å². The van der Waals surface area contributed by atoms with Gasteiger partial charge in [-0.2, -0.15) is 0 Å². The Kier molecular flexibility index (Phi) is 3.46. The highest BCUT2D eigenvalue weighted by Crippen LogP contribution is 2.26. The second kappa shape index (κ2) is 5.04. The summed E-state index contributed by atoms with van der Waals surface area (Å²) >= 11 is 0. The van der Waals surface area contributed by atoms with Crippen LogP contribution in [0.1, 0.15) is 28.8 Å². The fourth-order valence-electron chi connectivity index (χ4n) is 1.74. The second-order valence-electron chi connectivity index (χ2n) is 4.44. The molecule has 1 amide bonds. The quantitative estimate of drug-likeness (QED) is 0.825. The van der Waals surface area contributed by atoms with Gasteiger partial charge in [-0.05, 0) is 36.6 Å². The van der Waals surface area contributed by atoms with E-state index >= 15 is 0 Å². The largest absolute Gasteiger partial charge is 0.478 e. The summed E-state index contributed by atoms with van der Waals surface area (Å²) in [5.41, 5.74) is 1.40. The molecule has 0 aliphatic heterocycles. The van der Waals surface area contributed by atoms with Gasteiger partial charge in [-0.25, -0.2) is 4.79 Å². The van der Waals surface area contributed by atoms with Crippen LogP contribution in [-0.2, 0) is 4.79 Å². The van der Waals surface area contributed by atoms with Crippen molar-refractivity contribution in [3.63, 3.8) is 0 Å². The van der Waals surface area contributed by atoms with Crippen molar-refractivity contribution in [2.24, 2.45) is 0 Å². The Morgan fingerprint density at radius 1 is 1.28 bits per heavy atom. The SMILES string of the molecule is CN(C(=O)c1ccc(C=CC(=O)O)cc1)C1CC1. The summed E-state index contributed by atoms with van der Waals surface area (Å²) in [6.07, 6.45) is 4.75. The smallest absolute Gasteiger partial charge is 0.328 e. The van der Waals surface area contributed by atoms with Crippen LogP contribution in [0.25, 0.3) is 6.08 Å². The van der Waals surface area contributed by atoms with E-state index in [-0.39, 0.29) is 5.91 Å². The van der Waals surface area contributed by atoms with Crippen LogP contribution in [0, 0.1) is 0 Å². The maximum atomic E-state index is 12.0. The lowest BCUT2D eigenvalue weighted by molar-refractivity contribution is -0.131. The van der Waals surface area contributed by atoms with Gasteiger partial charge < -0.3 is 10.0 Å². The number of carbonyl (C=O) groups excluding carboxylic acids is 1. The number of hydrogen-bond donors (Lipinski definition) is 1. The number of carboxylic acid groups (broad SMARTS) is 1. The number of carbonyl (C=O) groups is 2. The van der Waals surface area contributed by atoms with Crippen LogP contribution in [0.15, 0.2) is 30.3 Å². The van der Waals surface area contributed by atoms with Crippen molar-refractivity contribution in [2.45, 2.75) is 18.9 Å². The molecule has 0 bridgehead atoms. The Balaban J connectivity index is 2.07. The third-order valence-corrected chi connectivity index (χ3v) is 2.99. The lowest BCUT2D eigenvalue weighted by Gasteiger charge is -2.16. The van der Waals surface area contributed by atoms with Gasteiger partial charge in [0.2, 0.25) is 0 Å². The normalized spacial score (nSPS) is 14.7. The molecule has 1 aliphatic carbocycles. The van der Waals surface area contributed by atoms with Gasteiger partial charge in [-0.3, -0.25) is 4.79 Å². The molecular weight excluding hydrogens is 230 g/mol. The minimum atomic E-state index is -0.983. The van der Waals surface area contributed by atoms with Crippen LogP contribution in [0.3, 0.4) is 0 Å². The van der Waals surface area contributed by atoms with Gasteiger partial charge in [-0.15, -0.1) is 0 Å². The topological polar surface area (TPSA) is 57.6 Å². The van der Waals surface area contributed by atoms with Crippen LogP contribution < -0.4 is 0 Å². The molecule has 1 aromatic carbocycles. The number of amides is 1. The van der Waals surface area contributed by atoms with Gasteiger partial charge >= 0.3 is 5.97 Å². The lowest BCUT2D eigenvalue weighted by Crippen LogP contribution is -2.28. The monoisotopic (exact) mass is 245 g/mol. The van der Waals surface area contributed by atoms with Gasteiger partial charge in [0, 0.05) is 24.7 Å². The average molecular weight is 245 g/mol. The summed E-state index contributed by atoms with van der Waals surface area (Å²) in [6, 6.07) is 7.33. The molecule has 4 heteroatoms. The van der Waals surface area contributed by atoms with Gasteiger partial charge in [-0.1, -0.05) is 12.1 Å². The predicted octanol–water partition coefficient (Wildman–Crippen LogP) is 2.02. The van der Waals surface area contributed by atoms with Crippen molar-refractivity contribution >= 4 is 18.0 Å². The number of aliphatic carboxylic acids is 1. The standard InChI is InChI=1S/C14H15NO3/c1-15(12-7-8-12)14(18)11-5-2-10(3-6-11)4-9-13(16)17/h2-6,9,12H,7-8H2,1H3,(H,16,17). The Hall–Kier alpha value is -2.10. The highest BCUT2D eigenvalue weighted by molar-refractivity contribution is 5.94. The molecule has 0 radical (unpaired) electrons. The molecule has 2 rings (SSSR count). The molecule has 18 heavy (non-hydrogen) atoms. The molecule has 0 spiro atoms. The van der Waals surface area contributed by atoms with E-state index in [4.69, 9.17) is 5.11 Å². The van der Waals surface area contributed by atoms with Crippen molar-refractivity contribution in [3.05, 3.63) is 41.5 Å². The molecule has 94 valence electrons. The molecule has 0 atom stereocenters. The molecule has 4 nitrogen and oxygen atoms in total. The maximum Gasteiger partial charge on any atom is 0.328 e. The van der Waals surface area contributed by atoms with Gasteiger partial charge in [0.05, 0.1) is 0 Å². The van der Waals surface area contributed by atoms with E-state index in [2.05, 4.69) is 0 Å². The number of carboxylic acids is 1. The first kappa shape index (κ1) is 12.4. The molecule has 1 aliphatic rings. The zero-order valence-corrected chi connectivity index (χ0v) is 10.2. The van der Waals surface area contributed by atoms with Gasteiger partial charge in [0.15, 0.2) is 0 Å². The van der Waals surface area contributed by atoms with E-state index < -0.39 is 5.97 Å². The Bertz CT molecular complexity index is 486. The summed E-state index contributed by atoms with van der Waals surface area (Å²) in [4.78, 5) is 24.2. The Morgan fingerprint density at radius 3 is 2.39 bits per heavy atom. The third kappa shape index (κ3) is 2.97. The summed E-state index contributed by atoms with van der Waals surface area (Å²) < 4.78 is 0. The van der Waals surface area contributed by atoms with E-state index in [1.807, 2.05) is 7.05 Å². The Labute approximate surface area is 106 Å². The fraction of sp³-hybridized carbons (Fsp3) is 0.286. The number of hydrogen-bond acceptors (Lipinski definition) is 2. The molecule has 1 aromatic rings. The summed E-state index contributed by atoms with van der Waals surface area (Å²) in [5.74, 6) is -0.963. The molecule has 0 unspecified atom stereocenters. The molecular formula is C14H15NO3. The average Bonchev–Trinajstić information content (AvgIpc) is 3.19. The number of benzene rings is 1. The van der Waals surface area contributed by atoms with Crippen LogP contribution in [0.4, 0.5) is 0 Å². The molecule has 0 saturated heterocycles. The summed E-state index contributed by atoms with van der Waals surface area (Å²) in [5, 5.41) is 8.51. The fourth-order valence-corrected chi connectivity index (χ4v) is 1.74. The molecule has 0 aromatic heterocycles. The van der Waals surface area contributed by atoms with Crippen molar-refractivity contribution in [1.82, 2.24) is 4.90 Å². The third-order valence-electron chi connectivity index (χ3n) is 2.99. The van der Waals surface area contributed by atoms with Crippen molar-refractivity contribution in [3.8, 4) is 0 Å². The zero-order valence-electron chi connectivity index (χ0n) is 10.2. The van der Waals surface area contributed by atoms with Crippen molar-refractivity contribution in [2.75, 3.05) is 7.05 Å².